The molecule has 7 heteroatoms. The minimum Gasteiger partial charge on any atom is -0.481 e. The number of nitrogens with zero attached hydrogens (tertiary/aromatic N) is 4. The maximum absolute atomic E-state index is 12.8. The highest BCUT2D eigenvalue weighted by molar-refractivity contribution is 5.99. The molecular weight excluding hydrogens is 284 g/mol. The average molecular weight is 302 g/mol. The van der Waals surface area contributed by atoms with Gasteiger partial charge in [0.25, 0.3) is 5.91 Å². The fraction of sp³-hybridized carbons (Fsp3) is 0.467. The van der Waals surface area contributed by atoms with Crippen LogP contribution in [-0.2, 0) is 4.79 Å². The highest BCUT2D eigenvalue weighted by Gasteiger charge is 2.29. The van der Waals surface area contributed by atoms with Gasteiger partial charge in [-0.15, -0.1) is 0 Å². The van der Waals surface area contributed by atoms with Crippen LogP contribution in [-0.4, -0.2) is 49.1 Å². The van der Waals surface area contributed by atoms with Crippen molar-refractivity contribution >= 4 is 17.5 Å². The molecule has 1 atom stereocenters. The molecule has 1 unspecified atom stereocenters. The summed E-state index contributed by atoms with van der Waals surface area (Å²) in [5, 5.41) is 13.0. The second-order valence-corrected chi connectivity index (χ2v) is 5.53. The Balaban J connectivity index is 1.83. The molecule has 116 valence electrons. The summed E-state index contributed by atoms with van der Waals surface area (Å²) >= 11 is 0. The number of aromatic nitrogens is 3. The van der Waals surface area contributed by atoms with Crippen molar-refractivity contribution in [3.63, 3.8) is 0 Å². The van der Waals surface area contributed by atoms with Crippen molar-refractivity contribution in [1.29, 1.82) is 0 Å². The van der Waals surface area contributed by atoms with Gasteiger partial charge in [-0.25, -0.2) is 9.50 Å². The van der Waals surface area contributed by atoms with Gasteiger partial charge >= 0.3 is 5.97 Å². The van der Waals surface area contributed by atoms with E-state index in [1.807, 2.05) is 0 Å². The summed E-state index contributed by atoms with van der Waals surface area (Å²) in [6, 6.07) is 1.74. The van der Waals surface area contributed by atoms with Gasteiger partial charge in [0.05, 0.1) is 6.20 Å². The largest absolute Gasteiger partial charge is 0.481 e. The first kappa shape index (κ1) is 14.5. The van der Waals surface area contributed by atoms with E-state index in [4.69, 9.17) is 5.11 Å². The number of carbonyl (C=O) groups excluding carboxylic acids is 1. The summed E-state index contributed by atoms with van der Waals surface area (Å²) in [6.45, 7) is 0.660. The summed E-state index contributed by atoms with van der Waals surface area (Å²) in [5.74, 6) is -0.931. The standard InChI is InChI=1S/C15H18N4O3/c20-13(21)6-5-11-4-1-2-8-18(11)15(22)12-10-17-19-9-3-7-16-14(12)19/h3,7,9-11H,1-2,4-6,8H2,(H,20,21). The first-order chi connectivity index (χ1) is 10.7. The number of fused-ring (bicyclic) bond motifs is 1. The number of amides is 1. The van der Waals surface area contributed by atoms with Gasteiger partial charge in [-0.2, -0.15) is 5.10 Å². The fourth-order valence-electron chi connectivity index (χ4n) is 2.99. The van der Waals surface area contributed by atoms with Gasteiger partial charge in [0.2, 0.25) is 0 Å². The first-order valence-corrected chi connectivity index (χ1v) is 7.48. The van der Waals surface area contributed by atoms with Crippen molar-refractivity contribution in [3.05, 3.63) is 30.2 Å². The molecule has 2 aromatic heterocycles. The Kier molecular flexibility index (Phi) is 4.04. The van der Waals surface area contributed by atoms with Crippen LogP contribution in [0.2, 0.25) is 0 Å². The van der Waals surface area contributed by atoms with Crippen LogP contribution in [0.15, 0.2) is 24.7 Å². The second-order valence-electron chi connectivity index (χ2n) is 5.53. The third-order valence-corrected chi connectivity index (χ3v) is 4.09. The van der Waals surface area contributed by atoms with E-state index in [9.17, 15) is 9.59 Å². The van der Waals surface area contributed by atoms with Crippen molar-refractivity contribution in [3.8, 4) is 0 Å². The van der Waals surface area contributed by atoms with Crippen molar-refractivity contribution in [2.24, 2.45) is 0 Å². The van der Waals surface area contributed by atoms with Gasteiger partial charge < -0.3 is 10.0 Å². The van der Waals surface area contributed by atoms with Crippen LogP contribution in [0, 0.1) is 0 Å². The molecular formula is C15H18N4O3. The number of hydrogen-bond donors (Lipinski definition) is 1. The summed E-state index contributed by atoms with van der Waals surface area (Å²) < 4.78 is 1.57. The lowest BCUT2D eigenvalue weighted by Crippen LogP contribution is -2.44. The third kappa shape index (κ3) is 2.79. The number of carbonyl (C=O) groups is 2. The third-order valence-electron chi connectivity index (χ3n) is 4.09. The predicted octanol–water partition coefficient (Wildman–Crippen LogP) is 1.59. The maximum atomic E-state index is 12.8. The molecule has 0 bridgehead atoms. The SMILES string of the molecule is O=C(O)CCC1CCCCN1C(=O)c1cnn2cccnc12. The molecule has 0 aromatic carbocycles. The van der Waals surface area contributed by atoms with Gasteiger partial charge in [-0.1, -0.05) is 0 Å². The van der Waals surface area contributed by atoms with Crippen molar-refractivity contribution in [2.45, 2.75) is 38.1 Å². The summed E-state index contributed by atoms with van der Waals surface area (Å²) in [4.78, 5) is 29.6. The maximum Gasteiger partial charge on any atom is 0.303 e. The van der Waals surface area contributed by atoms with E-state index in [0.717, 1.165) is 19.3 Å². The zero-order chi connectivity index (χ0) is 15.5. The number of carboxylic acid groups (broad SMARTS) is 1. The minimum absolute atomic E-state index is 0.0176. The summed E-state index contributed by atoms with van der Waals surface area (Å²) in [5.41, 5.74) is 1.01. The van der Waals surface area contributed by atoms with E-state index < -0.39 is 5.97 Å². The summed E-state index contributed by atoms with van der Waals surface area (Å²) in [6.07, 6.45) is 8.32. The molecule has 0 radical (unpaired) electrons. The van der Waals surface area contributed by atoms with Crippen LogP contribution >= 0.6 is 0 Å². The molecule has 0 spiro atoms. The number of aliphatic carboxylic acids is 1. The average Bonchev–Trinajstić information content (AvgIpc) is 2.96. The lowest BCUT2D eigenvalue weighted by atomic mass is 9.97. The molecule has 2 aromatic rings. The second kappa shape index (κ2) is 6.13. The molecule has 22 heavy (non-hydrogen) atoms. The highest BCUT2D eigenvalue weighted by Crippen LogP contribution is 2.24. The van der Waals surface area contributed by atoms with E-state index in [1.54, 1.807) is 27.9 Å². The van der Waals surface area contributed by atoms with E-state index in [-0.39, 0.29) is 18.4 Å². The fourth-order valence-corrected chi connectivity index (χ4v) is 2.99. The smallest absolute Gasteiger partial charge is 0.303 e. The van der Waals surface area contributed by atoms with Crippen molar-refractivity contribution in [1.82, 2.24) is 19.5 Å². The van der Waals surface area contributed by atoms with Gasteiger partial charge in [0, 0.05) is 31.4 Å². The molecule has 1 aliphatic heterocycles. The Labute approximate surface area is 127 Å². The first-order valence-electron chi connectivity index (χ1n) is 7.48. The molecule has 3 heterocycles. The molecule has 1 aliphatic rings. The quantitative estimate of drug-likeness (QED) is 0.926. The molecule has 1 saturated heterocycles. The van der Waals surface area contributed by atoms with Crippen LogP contribution in [0.25, 0.3) is 5.65 Å². The molecule has 3 rings (SSSR count). The van der Waals surface area contributed by atoms with Crippen molar-refractivity contribution in [2.75, 3.05) is 6.54 Å². The molecule has 1 amide bonds. The van der Waals surface area contributed by atoms with Crippen LogP contribution in [0.4, 0.5) is 0 Å². The van der Waals surface area contributed by atoms with Gasteiger partial charge in [-0.05, 0) is 31.7 Å². The van der Waals surface area contributed by atoms with Crippen LogP contribution < -0.4 is 0 Å². The number of carboxylic acids is 1. The van der Waals surface area contributed by atoms with Crippen LogP contribution in [0.3, 0.4) is 0 Å². The normalized spacial score (nSPS) is 18.5. The molecule has 1 fully saturated rings. The number of rotatable bonds is 4. The van der Waals surface area contributed by atoms with Gasteiger partial charge in [0.1, 0.15) is 5.56 Å². The van der Waals surface area contributed by atoms with E-state index >= 15 is 0 Å². The summed E-state index contributed by atoms with van der Waals surface area (Å²) in [7, 11) is 0. The Bertz CT molecular complexity index is 697. The van der Waals surface area contributed by atoms with Crippen molar-refractivity contribution < 1.29 is 14.7 Å². The zero-order valence-electron chi connectivity index (χ0n) is 12.2. The number of likely N-dealkylation sites (tertiary alicyclic amines) is 1. The van der Waals surface area contributed by atoms with E-state index in [2.05, 4.69) is 10.1 Å². The monoisotopic (exact) mass is 302 g/mol. The van der Waals surface area contributed by atoms with E-state index in [1.165, 1.54) is 6.20 Å². The van der Waals surface area contributed by atoms with Gasteiger partial charge in [0.15, 0.2) is 5.65 Å². The Morgan fingerprint density at radius 1 is 1.36 bits per heavy atom. The zero-order valence-corrected chi connectivity index (χ0v) is 12.2. The Morgan fingerprint density at radius 3 is 3.05 bits per heavy atom. The lowest BCUT2D eigenvalue weighted by Gasteiger charge is -2.35. The van der Waals surface area contributed by atoms with Crippen LogP contribution in [0.5, 0.6) is 0 Å². The Hall–Kier alpha value is -2.44. The molecule has 1 N–H and O–H groups in total. The molecule has 7 nitrogen and oxygen atoms in total. The highest BCUT2D eigenvalue weighted by atomic mass is 16.4. The van der Waals surface area contributed by atoms with E-state index in [0.29, 0.717) is 24.2 Å². The minimum atomic E-state index is -0.823. The molecule has 0 saturated carbocycles. The number of hydrogen-bond acceptors (Lipinski definition) is 4. The predicted molar refractivity (Wildman–Crippen MR) is 78.5 cm³/mol. The lowest BCUT2D eigenvalue weighted by molar-refractivity contribution is -0.137. The van der Waals surface area contributed by atoms with Crippen LogP contribution in [0.1, 0.15) is 42.5 Å². The Morgan fingerprint density at radius 2 is 2.23 bits per heavy atom. The molecule has 0 aliphatic carbocycles. The topological polar surface area (TPSA) is 87.8 Å². The van der Waals surface area contributed by atoms with Gasteiger partial charge in [-0.3, -0.25) is 9.59 Å². The number of piperidine rings is 1.